The van der Waals surface area contributed by atoms with E-state index in [9.17, 15) is 4.79 Å². The monoisotopic (exact) mass is 274 g/mol. The van der Waals surface area contributed by atoms with Crippen LogP contribution in [0.1, 0.15) is 24.7 Å². The highest BCUT2D eigenvalue weighted by atomic mass is 16.5. The highest BCUT2D eigenvalue weighted by Gasteiger charge is 2.08. The number of anilines is 1. The first-order valence-electron chi connectivity index (χ1n) is 6.58. The molecule has 1 aromatic heterocycles. The average Bonchev–Trinajstić information content (AvgIpc) is 2.83. The van der Waals surface area contributed by atoms with Crippen molar-refractivity contribution in [2.75, 3.05) is 11.9 Å². The highest BCUT2D eigenvalue weighted by molar-refractivity contribution is 5.89. The lowest BCUT2D eigenvalue weighted by Crippen LogP contribution is -2.13. The number of benzene rings is 1. The summed E-state index contributed by atoms with van der Waals surface area (Å²) in [5.74, 6) is 1.69. The second-order valence-electron chi connectivity index (χ2n) is 4.33. The molecule has 106 valence electrons. The van der Waals surface area contributed by atoms with Gasteiger partial charge >= 0.3 is 0 Å². The number of ether oxygens (including phenoxy) is 1. The summed E-state index contributed by atoms with van der Waals surface area (Å²) in [7, 11) is 0. The Morgan fingerprint density at radius 1 is 1.40 bits per heavy atom. The molecule has 1 heterocycles. The average molecular weight is 274 g/mol. The van der Waals surface area contributed by atoms with Crippen LogP contribution in [0.25, 0.3) is 0 Å². The van der Waals surface area contributed by atoms with Gasteiger partial charge in [-0.05, 0) is 31.9 Å². The summed E-state index contributed by atoms with van der Waals surface area (Å²) in [6.07, 6.45) is 0.975. The summed E-state index contributed by atoms with van der Waals surface area (Å²) in [6.45, 7) is 4.33. The smallest absolute Gasteiger partial charge is 0.248 e. The Morgan fingerprint density at radius 3 is 2.90 bits per heavy atom. The van der Waals surface area contributed by atoms with E-state index in [1.807, 2.05) is 31.2 Å². The number of carbonyl (C=O) groups is 1. The van der Waals surface area contributed by atoms with Gasteiger partial charge in [-0.1, -0.05) is 18.2 Å². The molecule has 0 aliphatic carbocycles. The number of aromatic nitrogens is 3. The molecule has 0 unspecified atom stereocenters. The van der Waals surface area contributed by atoms with Crippen LogP contribution >= 0.6 is 0 Å². The second kappa shape index (κ2) is 6.70. The quantitative estimate of drug-likeness (QED) is 0.845. The number of carbonyl (C=O) groups excluding carboxylic acids is 1. The Labute approximate surface area is 117 Å². The molecule has 2 N–H and O–H groups in total. The molecule has 6 heteroatoms. The normalized spacial score (nSPS) is 10.3. The summed E-state index contributed by atoms with van der Waals surface area (Å²) in [4.78, 5) is 15.8. The zero-order valence-electron chi connectivity index (χ0n) is 11.6. The lowest BCUT2D eigenvalue weighted by atomic mass is 10.1. The van der Waals surface area contributed by atoms with E-state index in [0.29, 0.717) is 31.2 Å². The first-order valence-corrected chi connectivity index (χ1v) is 6.58. The molecule has 0 fully saturated rings. The van der Waals surface area contributed by atoms with Crippen LogP contribution in [0.5, 0.6) is 5.75 Å². The fraction of sp³-hybridized carbons (Fsp3) is 0.357. The molecule has 0 spiro atoms. The standard InChI is InChI=1S/C14H18N4O2/c1-3-20-12-7-5-4-6-11(12)8-9-13(19)16-14-15-10(2)17-18-14/h4-7H,3,8-9H2,1-2H3,(H2,15,16,17,18,19). The zero-order valence-corrected chi connectivity index (χ0v) is 11.6. The van der Waals surface area contributed by atoms with Gasteiger partial charge in [-0.25, -0.2) is 0 Å². The minimum absolute atomic E-state index is 0.115. The highest BCUT2D eigenvalue weighted by Crippen LogP contribution is 2.19. The Morgan fingerprint density at radius 2 is 2.20 bits per heavy atom. The molecule has 1 amide bonds. The molecule has 0 radical (unpaired) electrons. The third-order valence-corrected chi connectivity index (χ3v) is 2.74. The van der Waals surface area contributed by atoms with Crippen molar-refractivity contribution < 1.29 is 9.53 Å². The molecule has 2 rings (SSSR count). The largest absolute Gasteiger partial charge is 0.494 e. The van der Waals surface area contributed by atoms with Crippen molar-refractivity contribution in [3.05, 3.63) is 35.7 Å². The van der Waals surface area contributed by atoms with Crippen molar-refractivity contribution in [1.82, 2.24) is 15.2 Å². The van der Waals surface area contributed by atoms with E-state index in [1.165, 1.54) is 0 Å². The van der Waals surface area contributed by atoms with Crippen LogP contribution in [-0.2, 0) is 11.2 Å². The summed E-state index contributed by atoms with van der Waals surface area (Å²) < 4.78 is 5.53. The van der Waals surface area contributed by atoms with Crippen molar-refractivity contribution >= 4 is 11.9 Å². The van der Waals surface area contributed by atoms with Gasteiger partial charge in [0.1, 0.15) is 11.6 Å². The molecule has 0 aliphatic heterocycles. The number of hydrogen-bond acceptors (Lipinski definition) is 4. The van der Waals surface area contributed by atoms with Crippen molar-refractivity contribution in [1.29, 1.82) is 0 Å². The molecule has 2 aromatic rings. The number of H-pyrrole nitrogens is 1. The number of nitrogens with zero attached hydrogens (tertiary/aromatic N) is 2. The van der Waals surface area contributed by atoms with Crippen LogP contribution in [0.4, 0.5) is 5.95 Å². The Kier molecular flexibility index (Phi) is 4.70. The van der Waals surface area contributed by atoms with Crippen LogP contribution in [0.15, 0.2) is 24.3 Å². The van der Waals surface area contributed by atoms with Gasteiger partial charge in [0.2, 0.25) is 11.9 Å². The SMILES string of the molecule is CCOc1ccccc1CCC(=O)Nc1n[nH]c(C)n1. The first kappa shape index (κ1) is 14.0. The van der Waals surface area contributed by atoms with E-state index in [1.54, 1.807) is 6.92 Å². The lowest BCUT2D eigenvalue weighted by molar-refractivity contribution is -0.116. The molecule has 0 saturated carbocycles. The van der Waals surface area contributed by atoms with Gasteiger partial charge in [0.15, 0.2) is 0 Å². The van der Waals surface area contributed by atoms with Crippen molar-refractivity contribution in [2.45, 2.75) is 26.7 Å². The third kappa shape index (κ3) is 3.81. The summed E-state index contributed by atoms with van der Waals surface area (Å²) in [5.41, 5.74) is 1.02. The fourth-order valence-corrected chi connectivity index (χ4v) is 1.84. The molecule has 0 aliphatic rings. The fourth-order valence-electron chi connectivity index (χ4n) is 1.84. The Bertz CT molecular complexity index is 580. The van der Waals surface area contributed by atoms with E-state index >= 15 is 0 Å². The van der Waals surface area contributed by atoms with Gasteiger partial charge in [-0.3, -0.25) is 15.2 Å². The number of amides is 1. The topological polar surface area (TPSA) is 79.9 Å². The molecular formula is C14H18N4O2. The third-order valence-electron chi connectivity index (χ3n) is 2.74. The van der Waals surface area contributed by atoms with Crippen LogP contribution in [0, 0.1) is 6.92 Å². The summed E-state index contributed by atoms with van der Waals surface area (Å²) in [5, 5.41) is 9.19. The van der Waals surface area contributed by atoms with E-state index in [-0.39, 0.29) is 5.91 Å². The van der Waals surface area contributed by atoms with Crippen LogP contribution in [0.2, 0.25) is 0 Å². The lowest BCUT2D eigenvalue weighted by Gasteiger charge is -2.09. The molecule has 1 aromatic carbocycles. The molecule has 6 nitrogen and oxygen atoms in total. The van der Waals surface area contributed by atoms with Crippen molar-refractivity contribution in [2.24, 2.45) is 0 Å². The van der Waals surface area contributed by atoms with E-state index in [2.05, 4.69) is 20.5 Å². The van der Waals surface area contributed by atoms with Crippen molar-refractivity contribution in [3.8, 4) is 5.75 Å². The van der Waals surface area contributed by atoms with Crippen molar-refractivity contribution in [3.63, 3.8) is 0 Å². The van der Waals surface area contributed by atoms with E-state index in [4.69, 9.17) is 4.74 Å². The minimum Gasteiger partial charge on any atom is -0.494 e. The van der Waals surface area contributed by atoms with Gasteiger partial charge in [0.05, 0.1) is 6.61 Å². The first-order chi connectivity index (χ1) is 9.69. The predicted octanol–water partition coefficient (Wildman–Crippen LogP) is 2.08. The molecule has 0 saturated heterocycles. The van der Waals surface area contributed by atoms with Gasteiger partial charge < -0.3 is 4.74 Å². The molecule has 0 bridgehead atoms. The Balaban J connectivity index is 1.90. The van der Waals surface area contributed by atoms with Gasteiger partial charge in [0, 0.05) is 6.42 Å². The van der Waals surface area contributed by atoms with Crippen LogP contribution in [0.3, 0.4) is 0 Å². The maximum absolute atomic E-state index is 11.8. The Hall–Kier alpha value is -2.37. The number of hydrogen-bond donors (Lipinski definition) is 2. The van der Waals surface area contributed by atoms with E-state index in [0.717, 1.165) is 11.3 Å². The second-order valence-corrected chi connectivity index (χ2v) is 4.33. The number of aryl methyl sites for hydroxylation is 2. The maximum atomic E-state index is 11.8. The zero-order chi connectivity index (χ0) is 14.4. The molecular weight excluding hydrogens is 256 g/mol. The summed E-state index contributed by atoms with van der Waals surface area (Å²) in [6, 6.07) is 7.74. The van der Waals surface area contributed by atoms with E-state index < -0.39 is 0 Å². The van der Waals surface area contributed by atoms with Gasteiger partial charge in [-0.2, -0.15) is 4.98 Å². The molecule has 0 atom stereocenters. The van der Waals surface area contributed by atoms with Gasteiger partial charge in [0.25, 0.3) is 0 Å². The minimum atomic E-state index is -0.115. The predicted molar refractivity (Wildman–Crippen MR) is 75.7 cm³/mol. The van der Waals surface area contributed by atoms with Crippen LogP contribution < -0.4 is 10.1 Å². The van der Waals surface area contributed by atoms with Gasteiger partial charge in [-0.15, -0.1) is 5.10 Å². The summed E-state index contributed by atoms with van der Waals surface area (Å²) >= 11 is 0. The number of nitrogens with one attached hydrogen (secondary N) is 2. The number of rotatable bonds is 6. The number of aromatic amines is 1. The van der Waals surface area contributed by atoms with Crippen LogP contribution in [-0.4, -0.2) is 27.7 Å². The number of para-hydroxylation sites is 1. The molecule has 20 heavy (non-hydrogen) atoms. The maximum Gasteiger partial charge on any atom is 0.248 e.